The fourth-order valence-electron chi connectivity index (χ4n) is 4.50. The lowest BCUT2D eigenvalue weighted by atomic mass is 9.99. The molecule has 232 valence electrons. The van der Waals surface area contributed by atoms with Gasteiger partial charge in [-0.15, -0.1) is 0 Å². The zero-order valence-corrected chi connectivity index (χ0v) is 26.1. The van der Waals surface area contributed by atoms with E-state index in [0.29, 0.717) is 12.0 Å². The summed E-state index contributed by atoms with van der Waals surface area (Å²) in [6, 6.07) is 17.4. The van der Waals surface area contributed by atoms with E-state index in [9.17, 15) is 34.3 Å². The fourth-order valence-corrected chi connectivity index (χ4v) is 6.34. The van der Waals surface area contributed by atoms with E-state index in [-0.39, 0.29) is 31.5 Å². The van der Waals surface area contributed by atoms with Gasteiger partial charge in [-0.2, -0.15) is 0 Å². The quantitative estimate of drug-likeness (QED) is 0.0373. The second-order valence-electron chi connectivity index (χ2n) is 10.2. The van der Waals surface area contributed by atoms with Gasteiger partial charge in [-0.25, -0.2) is 0 Å². The van der Waals surface area contributed by atoms with Gasteiger partial charge < -0.3 is 29.9 Å². The molecule has 0 aliphatic heterocycles. The number of alkyl halides is 1. The topological polar surface area (TPSA) is 168 Å². The van der Waals surface area contributed by atoms with Crippen molar-refractivity contribution in [3.63, 3.8) is 0 Å². The molecule has 4 N–H and O–H groups in total. The van der Waals surface area contributed by atoms with E-state index < -0.39 is 56.9 Å². The zero-order chi connectivity index (χ0) is 31.4. The Morgan fingerprint density at radius 3 is 2.02 bits per heavy atom. The molecule has 0 aliphatic rings. The number of halogens is 1. The highest BCUT2D eigenvalue weighted by molar-refractivity contribution is 9.09. The molecule has 10 nitrogen and oxygen atoms in total. The third-order valence-corrected chi connectivity index (χ3v) is 9.27. The standard InChI is InChI=1S/C31H37BrO10P/c32-14-5-1-2-10-28(37)41-27(19-34)31(43(40)30(39)26(36)18-33)42-29(38)11-6-9-25(35)23-13-12-22-15-20-7-3-4-8-21(20)16-24(22)17-23/h3-4,7-8,12-13,15-17,26-27,30-31,33-34,36,39H,1-2,5-6,9-11,14,18-19H2/q+1/t26?,27-,30?,31?/m0/s1. The van der Waals surface area contributed by atoms with Crippen LogP contribution in [0, 0.1) is 0 Å². The summed E-state index contributed by atoms with van der Waals surface area (Å²) < 4.78 is 23.5. The first-order chi connectivity index (χ1) is 20.7. The Morgan fingerprint density at radius 2 is 1.37 bits per heavy atom. The molecule has 3 rings (SSSR count). The zero-order valence-electron chi connectivity index (χ0n) is 23.6. The van der Waals surface area contributed by atoms with Crippen molar-refractivity contribution >= 4 is 63.0 Å². The van der Waals surface area contributed by atoms with Crippen LogP contribution in [0.2, 0.25) is 0 Å². The van der Waals surface area contributed by atoms with Crippen LogP contribution < -0.4 is 0 Å². The van der Waals surface area contributed by atoms with Gasteiger partial charge in [0.05, 0.1) is 13.2 Å². The highest BCUT2D eigenvalue weighted by Crippen LogP contribution is 2.39. The summed E-state index contributed by atoms with van der Waals surface area (Å²) in [5.41, 5.74) is 0.488. The Labute approximate surface area is 258 Å². The van der Waals surface area contributed by atoms with Gasteiger partial charge in [-0.05, 0) is 59.0 Å². The third kappa shape index (κ3) is 10.1. The minimum absolute atomic E-state index is 0.00980. The highest BCUT2D eigenvalue weighted by atomic mass is 79.9. The lowest BCUT2D eigenvalue weighted by Gasteiger charge is -2.21. The fraction of sp³-hybridized carbons (Fsp3) is 0.452. The second kappa shape index (κ2) is 17.5. The van der Waals surface area contributed by atoms with Crippen LogP contribution in [0.25, 0.3) is 21.5 Å². The summed E-state index contributed by atoms with van der Waals surface area (Å²) in [4.78, 5) is 37.9. The van der Waals surface area contributed by atoms with Crippen LogP contribution in [-0.4, -0.2) is 80.6 Å². The molecule has 3 aromatic carbocycles. The Hall–Kier alpha value is -2.79. The number of unbranched alkanes of at least 4 members (excludes halogenated alkanes) is 2. The van der Waals surface area contributed by atoms with Gasteiger partial charge in [-0.3, -0.25) is 14.4 Å². The smallest absolute Gasteiger partial charge is 0.421 e. The lowest BCUT2D eigenvalue weighted by Crippen LogP contribution is -2.39. The predicted octanol–water partition coefficient (Wildman–Crippen LogP) is 4.57. The first-order valence-corrected chi connectivity index (χ1v) is 16.6. The largest absolute Gasteiger partial charge is 0.451 e. The average Bonchev–Trinajstić information content (AvgIpc) is 3.02. The normalized spacial score (nSPS) is 14.6. The molecule has 0 saturated heterocycles. The van der Waals surface area contributed by atoms with E-state index in [2.05, 4.69) is 15.9 Å². The number of Topliss-reactive ketones (excluding diaryl/α,β-unsaturated/α-hetero) is 1. The number of ketones is 1. The molecular formula is C31H37BrO10P+. The van der Waals surface area contributed by atoms with Crippen molar-refractivity contribution in [3.8, 4) is 0 Å². The molecule has 0 radical (unpaired) electrons. The van der Waals surface area contributed by atoms with Crippen molar-refractivity contribution in [2.24, 2.45) is 0 Å². The molecule has 3 aromatic rings. The minimum atomic E-state index is -3.03. The maximum Gasteiger partial charge on any atom is 0.421 e. The molecule has 0 bridgehead atoms. The van der Waals surface area contributed by atoms with Crippen molar-refractivity contribution in [2.45, 2.75) is 68.8 Å². The number of fused-ring (bicyclic) bond motifs is 2. The van der Waals surface area contributed by atoms with Crippen molar-refractivity contribution in [1.29, 1.82) is 0 Å². The number of hydrogen-bond acceptors (Lipinski definition) is 10. The summed E-state index contributed by atoms with van der Waals surface area (Å²) >= 11 is 3.30. The SMILES string of the molecule is O=C(CCCC(=O)c1ccc2cc3ccccc3cc2c1)OC([C@H](CO)OC(=O)CCCCCBr)[P+](=O)C(O)C(O)CO. The van der Waals surface area contributed by atoms with Crippen molar-refractivity contribution in [3.05, 3.63) is 60.2 Å². The molecule has 4 unspecified atom stereocenters. The minimum Gasteiger partial charge on any atom is -0.451 e. The third-order valence-electron chi connectivity index (χ3n) is 6.90. The summed E-state index contributed by atoms with van der Waals surface area (Å²) in [6.07, 6.45) is -1.45. The molecule has 5 atom stereocenters. The number of rotatable bonds is 18. The molecule has 0 saturated carbocycles. The maximum absolute atomic E-state index is 13.0. The van der Waals surface area contributed by atoms with Crippen molar-refractivity contribution < 1.29 is 48.8 Å². The second-order valence-corrected chi connectivity index (χ2v) is 12.7. The molecule has 0 aliphatic carbocycles. The number of esters is 2. The van der Waals surface area contributed by atoms with Crippen molar-refractivity contribution in [1.82, 2.24) is 0 Å². The van der Waals surface area contributed by atoms with E-state index in [0.717, 1.165) is 39.7 Å². The van der Waals surface area contributed by atoms with Crippen LogP contribution >= 0.6 is 23.7 Å². The van der Waals surface area contributed by atoms with Gasteiger partial charge in [-0.1, -0.05) is 63.3 Å². The molecular weight excluding hydrogens is 643 g/mol. The monoisotopic (exact) mass is 679 g/mol. The molecule has 0 aromatic heterocycles. The van der Waals surface area contributed by atoms with Crippen molar-refractivity contribution in [2.75, 3.05) is 18.5 Å². The number of ether oxygens (including phenoxy) is 2. The average molecular weight is 681 g/mol. The van der Waals surface area contributed by atoms with E-state index in [4.69, 9.17) is 14.6 Å². The lowest BCUT2D eigenvalue weighted by molar-refractivity contribution is -0.165. The number of carbonyl (C=O) groups excluding carboxylic acids is 3. The maximum atomic E-state index is 13.0. The van der Waals surface area contributed by atoms with Gasteiger partial charge in [0, 0.05) is 30.2 Å². The van der Waals surface area contributed by atoms with Gasteiger partial charge in [0.1, 0.15) is 6.10 Å². The predicted molar refractivity (Wildman–Crippen MR) is 165 cm³/mol. The first-order valence-electron chi connectivity index (χ1n) is 14.1. The van der Waals surface area contributed by atoms with E-state index in [1.807, 2.05) is 42.5 Å². The summed E-state index contributed by atoms with van der Waals surface area (Å²) in [5, 5.41) is 43.8. The highest BCUT2D eigenvalue weighted by Gasteiger charge is 2.50. The number of aliphatic hydroxyl groups is 4. The van der Waals surface area contributed by atoms with Crippen LogP contribution in [0.15, 0.2) is 54.6 Å². The Balaban J connectivity index is 1.62. The molecule has 0 fully saturated rings. The Bertz CT molecular complexity index is 1410. The van der Waals surface area contributed by atoms with Gasteiger partial charge in [0.15, 0.2) is 5.78 Å². The van der Waals surface area contributed by atoms with Crippen LogP contribution in [0.5, 0.6) is 0 Å². The molecule has 0 amide bonds. The van der Waals surface area contributed by atoms with Gasteiger partial charge >= 0.3 is 25.6 Å². The van der Waals surface area contributed by atoms with Crippen LogP contribution in [0.3, 0.4) is 0 Å². The van der Waals surface area contributed by atoms with Crippen LogP contribution in [0.1, 0.15) is 55.3 Å². The summed E-state index contributed by atoms with van der Waals surface area (Å²) in [5.74, 6) is -5.61. The number of carbonyl (C=O) groups is 3. The number of benzene rings is 3. The molecule has 0 heterocycles. The Morgan fingerprint density at radius 1 is 0.744 bits per heavy atom. The summed E-state index contributed by atoms with van der Waals surface area (Å²) in [6.45, 7) is -1.79. The molecule has 0 spiro atoms. The summed E-state index contributed by atoms with van der Waals surface area (Å²) in [7, 11) is -3.03. The van der Waals surface area contributed by atoms with Crippen LogP contribution in [0.4, 0.5) is 0 Å². The van der Waals surface area contributed by atoms with Crippen LogP contribution in [-0.2, 0) is 23.6 Å². The molecule has 43 heavy (non-hydrogen) atoms. The van der Waals surface area contributed by atoms with E-state index in [1.165, 1.54) is 0 Å². The first kappa shape index (κ1) is 34.7. The Kier molecular flexibility index (Phi) is 14.1. The van der Waals surface area contributed by atoms with E-state index >= 15 is 0 Å². The van der Waals surface area contributed by atoms with Gasteiger partial charge in [0.2, 0.25) is 6.10 Å². The van der Waals surface area contributed by atoms with Gasteiger partial charge in [0.25, 0.3) is 5.85 Å². The van der Waals surface area contributed by atoms with E-state index in [1.54, 1.807) is 12.1 Å². The molecule has 12 heteroatoms. The number of hydrogen-bond donors (Lipinski definition) is 4. The number of aliphatic hydroxyl groups excluding tert-OH is 4.